The van der Waals surface area contributed by atoms with Crippen LogP contribution in [0.5, 0.6) is 5.75 Å². The quantitative estimate of drug-likeness (QED) is 0.529. The summed E-state index contributed by atoms with van der Waals surface area (Å²) in [6.07, 6.45) is 0.941. The summed E-state index contributed by atoms with van der Waals surface area (Å²) in [5.74, 6) is -0.0114. The number of hydrogen-bond donors (Lipinski definition) is 1. The molecule has 176 valence electrons. The summed E-state index contributed by atoms with van der Waals surface area (Å²) in [4.78, 5) is 29.4. The van der Waals surface area contributed by atoms with Crippen molar-refractivity contribution in [2.45, 2.75) is 26.3 Å². The Labute approximate surface area is 198 Å². The fourth-order valence-electron chi connectivity index (χ4n) is 4.15. The van der Waals surface area contributed by atoms with Gasteiger partial charge in [0.05, 0.1) is 19.2 Å². The molecule has 6 nitrogen and oxygen atoms in total. The molecule has 7 heteroatoms. The summed E-state index contributed by atoms with van der Waals surface area (Å²) < 4.78 is 18.6. The zero-order chi connectivity index (χ0) is 24.1. The van der Waals surface area contributed by atoms with Gasteiger partial charge < -0.3 is 15.0 Å². The van der Waals surface area contributed by atoms with E-state index in [-0.39, 0.29) is 24.2 Å². The second-order valence-corrected chi connectivity index (χ2v) is 8.44. The lowest BCUT2D eigenvalue weighted by Gasteiger charge is -2.36. The molecule has 0 aliphatic carbocycles. The number of nitrogens with one attached hydrogen (secondary N) is 1. The summed E-state index contributed by atoms with van der Waals surface area (Å²) in [7, 11) is 1.56. The number of urea groups is 1. The van der Waals surface area contributed by atoms with Gasteiger partial charge in [-0.05, 0) is 54.8 Å². The van der Waals surface area contributed by atoms with E-state index < -0.39 is 0 Å². The van der Waals surface area contributed by atoms with E-state index in [2.05, 4.69) is 11.4 Å². The van der Waals surface area contributed by atoms with Gasteiger partial charge in [-0.25, -0.2) is 9.18 Å². The summed E-state index contributed by atoms with van der Waals surface area (Å²) in [5.41, 5.74) is 4.13. The number of aryl methyl sites for hydroxylation is 1. The monoisotopic (exact) mass is 461 g/mol. The number of nitrogens with zero attached hydrogens (tertiary/aromatic N) is 2. The minimum absolute atomic E-state index is 0.0964. The van der Waals surface area contributed by atoms with E-state index in [9.17, 15) is 14.0 Å². The number of amides is 3. The molecule has 1 aliphatic heterocycles. The Hall–Kier alpha value is -3.87. The minimum Gasteiger partial charge on any atom is -0.495 e. The average Bonchev–Trinajstić information content (AvgIpc) is 2.82. The SMILES string of the molecule is COc1ccc(NC(=O)Cc2ccc(F)cc2)cc1N1CCCN(Cc2cccc(C)c2)C1=O. The lowest BCUT2D eigenvalue weighted by Crippen LogP contribution is -2.49. The Morgan fingerprint density at radius 1 is 1.03 bits per heavy atom. The van der Waals surface area contributed by atoms with Gasteiger partial charge in [-0.2, -0.15) is 0 Å². The van der Waals surface area contributed by atoms with Crippen LogP contribution in [0.3, 0.4) is 0 Å². The van der Waals surface area contributed by atoms with Gasteiger partial charge in [-0.1, -0.05) is 42.0 Å². The second kappa shape index (κ2) is 10.4. The minimum atomic E-state index is -0.341. The zero-order valence-corrected chi connectivity index (χ0v) is 19.4. The fourth-order valence-corrected chi connectivity index (χ4v) is 4.15. The Kier molecular flexibility index (Phi) is 7.11. The van der Waals surface area contributed by atoms with Crippen molar-refractivity contribution in [3.05, 3.63) is 89.2 Å². The fraction of sp³-hybridized carbons (Fsp3) is 0.259. The van der Waals surface area contributed by atoms with Crippen LogP contribution in [0.1, 0.15) is 23.1 Å². The van der Waals surface area contributed by atoms with Crippen LogP contribution in [0, 0.1) is 12.7 Å². The third-order valence-electron chi connectivity index (χ3n) is 5.80. The molecule has 0 atom stereocenters. The Balaban J connectivity index is 1.50. The van der Waals surface area contributed by atoms with Crippen LogP contribution in [-0.2, 0) is 17.8 Å². The van der Waals surface area contributed by atoms with Gasteiger partial charge in [0, 0.05) is 25.3 Å². The van der Waals surface area contributed by atoms with Crippen LogP contribution >= 0.6 is 0 Å². The van der Waals surface area contributed by atoms with Crippen molar-refractivity contribution in [1.29, 1.82) is 0 Å². The van der Waals surface area contributed by atoms with Gasteiger partial charge in [0.1, 0.15) is 11.6 Å². The third kappa shape index (κ3) is 5.54. The number of halogens is 1. The van der Waals surface area contributed by atoms with Gasteiger partial charge in [-0.3, -0.25) is 9.69 Å². The maximum atomic E-state index is 13.4. The van der Waals surface area contributed by atoms with Crippen LogP contribution < -0.4 is 15.0 Å². The van der Waals surface area contributed by atoms with Crippen LogP contribution in [0.15, 0.2) is 66.7 Å². The standard InChI is InChI=1S/C27H28FN3O3/c1-19-5-3-6-21(15-19)18-30-13-4-14-31(27(30)33)24-17-23(11-12-25(24)34-2)29-26(32)16-20-7-9-22(28)10-8-20/h3,5-12,15,17H,4,13-14,16,18H2,1-2H3,(H,29,32). The summed E-state index contributed by atoms with van der Waals surface area (Å²) >= 11 is 0. The topological polar surface area (TPSA) is 61.9 Å². The van der Waals surface area contributed by atoms with E-state index in [1.807, 2.05) is 30.0 Å². The van der Waals surface area contributed by atoms with Crippen molar-refractivity contribution in [3.8, 4) is 5.75 Å². The molecule has 0 unspecified atom stereocenters. The molecule has 4 rings (SSSR count). The third-order valence-corrected chi connectivity index (χ3v) is 5.80. The number of carbonyl (C=O) groups is 2. The van der Waals surface area contributed by atoms with Crippen molar-refractivity contribution >= 4 is 23.3 Å². The number of carbonyl (C=O) groups excluding carboxylic acids is 2. The number of hydrogen-bond acceptors (Lipinski definition) is 3. The lowest BCUT2D eigenvalue weighted by atomic mass is 10.1. The Bertz CT molecular complexity index is 1180. The molecule has 3 aromatic rings. The molecule has 34 heavy (non-hydrogen) atoms. The number of ether oxygens (including phenoxy) is 1. The molecule has 0 bridgehead atoms. The molecule has 0 aromatic heterocycles. The van der Waals surface area contributed by atoms with Crippen molar-refractivity contribution in [2.75, 3.05) is 30.4 Å². The highest BCUT2D eigenvalue weighted by Gasteiger charge is 2.29. The van der Waals surface area contributed by atoms with Crippen molar-refractivity contribution in [3.63, 3.8) is 0 Å². The maximum absolute atomic E-state index is 13.4. The predicted molar refractivity (Wildman–Crippen MR) is 131 cm³/mol. The largest absolute Gasteiger partial charge is 0.495 e. The van der Waals surface area contributed by atoms with Crippen LogP contribution in [-0.4, -0.2) is 37.0 Å². The van der Waals surface area contributed by atoms with Gasteiger partial charge in [-0.15, -0.1) is 0 Å². The van der Waals surface area contributed by atoms with Crippen LogP contribution in [0.25, 0.3) is 0 Å². The first kappa shape index (κ1) is 23.3. The highest BCUT2D eigenvalue weighted by molar-refractivity contribution is 5.97. The molecule has 1 heterocycles. The highest BCUT2D eigenvalue weighted by atomic mass is 19.1. The number of benzene rings is 3. The first-order valence-electron chi connectivity index (χ1n) is 11.3. The van der Waals surface area contributed by atoms with E-state index in [0.717, 1.165) is 17.5 Å². The lowest BCUT2D eigenvalue weighted by molar-refractivity contribution is -0.115. The molecule has 1 N–H and O–H groups in total. The number of rotatable bonds is 7. The first-order chi connectivity index (χ1) is 16.4. The van der Waals surface area contributed by atoms with Gasteiger partial charge in [0.2, 0.25) is 5.91 Å². The van der Waals surface area contributed by atoms with E-state index in [0.29, 0.717) is 42.3 Å². The Morgan fingerprint density at radius 2 is 1.82 bits per heavy atom. The molecule has 0 spiro atoms. The van der Waals surface area contributed by atoms with Crippen molar-refractivity contribution < 1.29 is 18.7 Å². The smallest absolute Gasteiger partial charge is 0.324 e. The molecule has 3 aromatic carbocycles. The van der Waals surface area contributed by atoms with Gasteiger partial charge in [0.25, 0.3) is 0 Å². The molecular weight excluding hydrogens is 433 g/mol. The summed E-state index contributed by atoms with van der Waals surface area (Å²) in [6.45, 7) is 3.81. The second-order valence-electron chi connectivity index (χ2n) is 8.44. The van der Waals surface area contributed by atoms with E-state index in [1.165, 1.54) is 12.1 Å². The molecule has 0 radical (unpaired) electrons. The van der Waals surface area contributed by atoms with E-state index in [4.69, 9.17) is 4.74 Å². The predicted octanol–water partition coefficient (Wildman–Crippen LogP) is 5.16. The summed E-state index contributed by atoms with van der Waals surface area (Å²) in [6, 6.07) is 19.1. The molecular formula is C27H28FN3O3. The van der Waals surface area contributed by atoms with Crippen LogP contribution in [0.2, 0.25) is 0 Å². The zero-order valence-electron chi connectivity index (χ0n) is 19.4. The van der Waals surface area contributed by atoms with Gasteiger partial charge >= 0.3 is 6.03 Å². The average molecular weight is 462 g/mol. The molecule has 1 fully saturated rings. The normalized spacial score (nSPS) is 13.7. The maximum Gasteiger partial charge on any atom is 0.324 e. The number of methoxy groups -OCH3 is 1. The molecule has 3 amide bonds. The molecule has 1 aliphatic rings. The number of anilines is 2. The first-order valence-corrected chi connectivity index (χ1v) is 11.3. The van der Waals surface area contributed by atoms with Crippen LogP contribution in [0.4, 0.5) is 20.6 Å². The Morgan fingerprint density at radius 3 is 2.56 bits per heavy atom. The van der Waals surface area contributed by atoms with Crippen molar-refractivity contribution in [2.24, 2.45) is 0 Å². The molecule has 0 saturated carbocycles. The van der Waals surface area contributed by atoms with E-state index >= 15 is 0 Å². The highest BCUT2D eigenvalue weighted by Crippen LogP contribution is 2.34. The van der Waals surface area contributed by atoms with Crippen molar-refractivity contribution in [1.82, 2.24) is 4.90 Å². The molecule has 1 saturated heterocycles. The summed E-state index contributed by atoms with van der Waals surface area (Å²) in [5, 5.41) is 2.87. The van der Waals surface area contributed by atoms with E-state index in [1.54, 1.807) is 42.3 Å². The van der Waals surface area contributed by atoms with Gasteiger partial charge in [0.15, 0.2) is 0 Å².